The number of carbonyl (C=O) groups is 1. The van der Waals surface area contributed by atoms with Gasteiger partial charge >= 0.3 is 0 Å². The monoisotopic (exact) mass is 346 g/mol. The zero-order chi connectivity index (χ0) is 17.1. The second-order valence-electron chi connectivity index (χ2n) is 6.12. The van der Waals surface area contributed by atoms with Gasteiger partial charge in [0.1, 0.15) is 11.6 Å². The molecule has 0 atom stereocenters. The van der Waals surface area contributed by atoms with Gasteiger partial charge in [0.15, 0.2) is 5.16 Å². The Kier molecular flexibility index (Phi) is 5.08. The van der Waals surface area contributed by atoms with Crippen LogP contribution in [0.25, 0.3) is 0 Å². The zero-order valence-electron chi connectivity index (χ0n) is 14.2. The highest BCUT2D eigenvalue weighted by atomic mass is 32.2. The van der Waals surface area contributed by atoms with Crippen molar-refractivity contribution in [2.75, 3.05) is 18.2 Å². The van der Waals surface area contributed by atoms with Crippen LogP contribution in [0.4, 0.5) is 5.69 Å². The molecule has 128 valence electrons. The zero-order valence-corrected chi connectivity index (χ0v) is 15.0. The van der Waals surface area contributed by atoms with Gasteiger partial charge in [0.05, 0.1) is 18.6 Å². The van der Waals surface area contributed by atoms with Crippen molar-refractivity contribution < 1.29 is 9.53 Å². The van der Waals surface area contributed by atoms with Crippen LogP contribution in [0.3, 0.4) is 0 Å². The van der Waals surface area contributed by atoms with Gasteiger partial charge in [-0.15, -0.1) is 10.2 Å². The Hall–Kier alpha value is -2.02. The highest BCUT2D eigenvalue weighted by Crippen LogP contribution is 2.41. The molecule has 2 aromatic rings. The van der Waals surface area contributed by atoms with Crippen LogP contribution in [0.1, 0.15) is 44.5 Å². The van der Waals surface area contributed by atoms with Gasteiger partial charge in [0, 0.05) is 12.0 Å². The molecule has 24 heavy (non-hydrogen) atoms. The highest BCUT2D eigenvalue weighted by molar-refractivity contribution is 7.99. The Morgan fingerprint density at radius 2 is 2.12 bits per heavy atom. The van der Waals surface area contributed by atoms with Crippen molar-refractivity contribution in [3.8, 4) is 5.75 Å². The average Bonchev–Trinajstić information content (AvgIpc) is 3.32. The first-order chi connectivity index (χ1) is 11.6. The predicted molar refractivity (Wildman–Crippen MR) is 94.7 cm³/mol. The molecule has 0 saturated heterocycles. The summed E-state index contributed by atoms with van der Waals surface area (Å²) < 4.78 is 7.40. The maximum atomic E-state index is 12.2. The van der Waals surface area contributed by atoms with Gasteiger partial charge in [0.2, 0.25) is 5.91 Å². The molecule has 0 unspecified atom stereocenters. The summed E-state index contributed by atoms with van der Waals surface area (Å²) in [5.41, 5.74) is 0.676. The fourth-order valence-electron chi connectivity index (χ4n) is 2.56. The van der Waals surface area contributed by atoms with E-state index in [1.807, 2.05) is 24.3 Å². The van der Waals surface area contributed by atoms with E-state index in [1.54, 1.807) is 7.11 Å². The normalized spacial score (nSPS) is 14.0. The van der Waals surface area contributed by atoms with Crippen LogP contribution in [0.15, 0.2) is 29.4 Å². The lowest BCUT2D eigenvalue weighted by atomic mass is 10.3. The van der Waals surface area contributed by atoms with E-state index in [0.29, 0.717) is 17.4 Å². The molecule has 0 spiro atoms. The van der Waals surface area contributed by atoms with Crippen molar-refractivity contribution in [2.24, 2.45) is 0 Å². The van der Waals surface area contributed by atoms with Crippen LogP contribution in [-0.2, 0) is 4.79 Å². The highest BCUT2D eigenvalue weighted by Gasteiger charge is 2.31. The number of nitrogens with zero attached hydrogens (tertiary/aromatic N) is 3. The molecular formula is C17H22N4O2S. The number of rotatable bonds is 7. The van der Waals surface area contributed by atoms with E-state index in [4.69, 9.17) is 4.74 Å². The Labute approximate surface area is 146 Å². The number of methoxy groups -OCH3 is 1. The minimum Gasteiger partial charge on any atom is -0.495 e. The number of benzene rings is 1. The number of carbonyl (C=O) groups excluding carboxylic acids is 1. The maximum absolute atomic E-state index is 12.2. The van der Waals surface area contributed by atoms with Crippen molar-refractivity contribution in [1.29, 1.82) is 0 Å². The summed E-state index contributed by atoms with van der Waals surface area (Å²) in [6.07, 6.45) is 2.37. The van der Waals surface area contributed by atoms with E-state index in [-0.39, 0.29) is 17.7 Å². The number of para-hydroxylation sites is 2. The second-order valence-corrected chi connectivity index (χ2v) is 7.06. The quantitative estimate of drug-likeness (QED) is 0.777. The van der Waals surface area contributed by atoms with Gasteiger partial charge < -0.3 is 14.6 Å². The summed E-state index contributed by atoms with van der Waals surface area (Å²) in [7, 11) is 1.59. The van der Waals surface area contributed by atoms with Gasteiger partial charge in [-0.3, -0.25) is 4.79 Å². The van der Waals surface area contributed by atoms with Gasteiger partial charge in [0.25, 0.3) is 0 Å². The molecule has 1 aromatic carbocycles. The van der Waals surface area contributed by atoms with Crippen LogP contribution in [0.5, 0.6) is 5.75 Å². The van der Waals surface area contributed by atoms with Gasteiger partial charge in [-0.1, -0.05) is 23.9 Å². The number of hydrogen-bond acceptors (Lipinski definition) is 5. The van der Waals surface area contributed by atoms with Crippen molar-refractivity contribution in [1.82, 2.24) is 14.8 Å². The summed E-state index contributed by atoms with van der Waals surface area (Å²) >= 11 is 1.42. The fourth-order valence-corrected chi connectivity index (χ4v) is 3.43. The molecule has 1 saturated carbocycles. The molecule has 6 nitrogen and oxygen atoms in total. The Bertz CT molecular complexity index is 725. The molecule has 1 amide bonds. The first kappa shape index (κ1) is 16.8. The number of aromatic nitrogens is 3. The number of ether oxygens (including phenoxy) is 1. The third-order valence-corrected chi connectivity index (χ3v) is 4.81. The SMILES string of the molecule is COc1ccccc1NC(=O)CSc1nnc(C2CC2)n1C(C)C. The summed E-state index contributed by atoms with van der Waals surface area (Å²) in [6, 6.07) is 7.66. The topological polar surface area (TPSA) is 69.0 Å². The van der Waals surface area contributed by atoms with Crippen molar-refractivity contribution >= 4 is 23.4 Å². The standard InChI is InChI=1S/C17H22N4O2S/c1-11(2)21-16(12-8-9-12)19-20-17(21)24-10-15(22)18-13-6-4-5-7-14(13)23-3/h4-7,11-12H,8-10H2,1-3H3,(H,18,22). The number of anilines is 1. The summed E-state index contributed by atoms with van der Waals surface area (Å²) in [5.74, 6) is 2.44. The molecular weight excluding hydrogens is 324 g/mol. The lowest BCUT2D eigenvalue weighted by Crippen LogP contribution is -2.15. The average molecular weight is 346 g/mol. The molecule has 1 fully saturated rings. The smallest absolute Gasteiger partial charge is 0.234 e. The van der Waals surface area contributed by atoms with E-state index >= 15 is 0 Å². The molecule has 1 heterocycles. The Morgan fingerprint density at radius 1 is 1.38 bits per heavy atom. The lowest BCUT2D eigenvalue weighted by Gasteiger charge is -2.13. The molecule has 0 bridgehead atoms. The van der Waals surface area contributed by atoms with E-state index in [2.05, 4.69) is 33.9 Å². The number of nitrogens with one attached hydrogen (secondary N) is 1. The predicted octanol–water partition coefficient (Wildman–Crippen LogP) is 3.48. The molecule has 1 N–H and O–H groups in total. The molecule has 1 aromatic heterocycles. The van der Waals surface area contributed by atoms with E-state index in [1.165, 1.54) is 24.6 Å². The molecule has 7 heteroatoms. The van der Waals surface area contributed by atoms with Gasteiger partial charge in [-0.05, 0) is 38.8 Å². The van der Waals surface area contributed by atoms with Crippen LogP contribution in [-0.4, -0.2) is 33.5 Å². The van der Waals surface area contributed by atoms with Crippen LogP contribution < -0.4 is 10.1 Å². The molecule has 3 rings (SSSR count). The van der Waals surface area contributed by atoms with Crippen LogP contribution in [0, 0.1) is 0 Å². The number of thioether (sulfide) groups is 1. The fraction of sp³-hybridized carbons (Fsp3) is 0.471. The first-order valence-electron chi connectivity index (χ1n) is 8.10. The van der Waals surface area contributed by atoms with Crippen LogP contribution in [0.2, 0.25) is 0 Å². The van der Waals surface area contributed by atoms with Crippen molar-refractivity contribution in [2.45, 2.75) is 43.8 Å². The number of hydrogen-bond donors (Lipinski definition) is 1. The molecule has 1 aliphatic carbocycles. The first-order valence-corrected chi connectivity index (χ1v) is 9.09. The Morgan fingerprint density at radius 3 is 2.79 bits per heavy atom. The third kappa shape index (κ3) is 3.72. The summed E-state index contributed by atoms with van der Waals surface area (Å²) in [5, 5.41) is 12.3. The third-order valence-electron chi connectivity index (χ3n) is 3.86. The molecule has 0 aliphatic heterocycles. The molecule has 1 aliphatic rings. The van der Waals surface area contributed by atoms with E-state index < -0.39 is 0 Å². The second kappa shape index (κ2) is 7.25. The largest absolute Gasteiger partial charge is 0.495 e. The van der Waals surface area contributed by atoms with E-state index in [0.717, 1.165) is 11.0 Å². The maximum Gasteiger partial charge on any atom is 0.234 e. The lowest BCUT2D eigenvalue weighted by molar-refractivity contribution is -0.113. The van der Waals surface area contributed by atoms with E-state index in [9.17, 15) is 4.79 Å². The van der Waals surface area contributed by atoms with Crippen LogP contribution >= 0.6 is 11.8 Å². The summed E-state index contributed by atoms with van der Waals surface area (Å²) in [4.78, 5) is 12.2. The number of amides is 1. The van der Waals surface area contributed by atoms with Crippen molar-refractivity contribution in [3.05, 3.63) is 30.1 Å². The minimum atomic E-state index is -0.0872. The molecule has 0 radical (unpaired) electrons. The summed E-state index contributed by atoms with van der Waals surface area (Å²) in [6.45, 7) is 4.24. The van der Waals surface area contributed by atoms with Gasteiger partial charge in [-0.2, -0.15) is 0 Å². The van der Waals surface area contributed by atoms with Crippen molar-refractivity contribution in [3.63, 3.8) is 0 Å². The Balaban J connectivity index is 1.64. The minimum absolute atomic E-state index is 0.0872. The van der Waals surface area contributed by atoms with Gasteiger partial charge in [-0.25, -0.2) is 0 Å².